The fourth-order valence-electron chi connectivity index (χ4n) is 2.21. The van der Waals surface area contributed by atoms with Crippen molar-refractivity contribution in [2.24, 2.45) is 0 Å². The molecule has 23 heavy (non-hydrogen) atoms. The van der Waals surface area contributed by atoms with E-state index in [1.54, 1.807) is 12.1 Å². The van der Waals surface area contributed by atoms with Gasteiger partial charge in [-0.05, 0) is 30.7 Å². The molecule has 5 heteroatoms. The number of carbonyl (C=O) groups excluding carboxylic acids is 2. The van der Waals surface area contributed by atoms with Crippen molar-refractivity contribution in [3.05, 3.63) is 64.9 Å². The fraction of sp³-hybridized carbons (Fsp3) is 0.111. The van der Waals surface area contributed by atoms with Crippen LogP contribution in [-0.2, 0) is 4.79 Å². The SMILES string of the molecule is Cc1ccc(/C=C2/Oc3cc(OCC(=O)[O-])ccc3C2=O)cc1. The van der Waals surface area contributed by atoms with Gasteiger partial charge in [0.2, 0.25) is 5.78 Å². The summed E-state index contributed by atoms with van der Waals surface area (Å²) in [5.74, 6) is -0.656. The first-order chi connectivity index (χ1) is 11.0. The number of fused-ring (bicyclic) bond motifs is 1. The highest BCUT2D eigenvalue weighted by atomic mass is 16.5. The molecule has 0 aromatic heterocycles. The lowest BCUT2D eigenvalue weighted by molar-refractivity contribution is -0.307. The first kappa shape index (κ1) is 14.8. The second-order valence-electron chi connectivity index (χ2n) is 5.17. The molecular weight excluding hydrogens is 296 g/mol. The van der Waals surface area contributed by atoms with Crippen LogP contribution in [0.5, 0.6) is 11.5 Å². The van der Waals surface area contributed by atoms with E-state index in [1.807, 2.05) is 31.2 Å². The van der Waals surface area contributed by atoms with Gasteiger partial charge < -0.3 is 19.4 Å². The van der Waals surface area contributed by atoms with E-state index in [0.29, 0.717) is 17.1 Å². The summed E-state index contributed by atoms with van der Waals surface area (Å²) in [6.07, 6.45) is 1.67. The Bertz CT molecular complexity index is 803. The number of carbonyl (C=O) groups is 2. The molecule has 0 atom stereocenters. The fourth-order valence-corrected chi connectivity index (χ4v) is 2.21. The Morgan fingerprint density at radius 2 is 1.96 bits per heavy atom. The molecule has 0 radical (unpaired) electrons. The van der Waals surface area contributed by atoms with Gasteiger partial charge in [-0.1, -0.05) is 29.8 Å². The summed E-state index contributed by atoms with van der Waals surface area (Å²) in [4.78, 5) is 22.7. The number of carboxylic acid groups (broad SMARTS) is 1. The highest BCUT2D eigenvalue weighted by Crippen LogP contribution is 2.34. The number of ketones is 1. The summed E-state index contributed by atoms with van der Waals surface area (Å²) in [5.41, 5.74) is 2.41. The van der Waals surface area contributed by atoms with E-state index in [4.69, 9.17) is 9.47 Å². The van der Waals surface area contributed by atoms with Crippen molar-refractivity contribution in [1.29, 1.82) is 0 Å². The summed E-state index contributed by atoms with van der Waals surface area (Å²) in [5, 5.41) is 10.4. The molecule has 116 valence electrons. The molecule has 0 fully saturated rings. The van der Waals surface area contributed by atoms with Crippen LogP contribution in [0.15, 0.2) is 48.2 Å². The molecule has 1 aliphatic rings. The topological polar surface area (TPSA) is 75.7 Å². The van der Waals surface area contributed by atoms with Crippen LogP contribution >= 0.6 is 0 Å². The summed E-state index contributed by atoms with van der Waals surface area (Å²) >= 11 is 0. The van der Waals surface area contributed by atoms with Gasteiger partial charge in [0.1, 0.15) is 18.1 Å². The zero-order valence-corrected chi connectivity index (χ0v) is 12.4. The molecule has 0 aliphatic carbocycles. The number of hydrogen-bond donors (Lipinski definition) is 0. The molecule has 0 amide bonds. The van der Waals surface area contributed by atoms with Crippen LogP contribution in [0.4, 0.5) is 0 Å². The minimum atomic E-state index is -1.32. The maximum atomic E-state index is 12.3. The largest absolute Gasteiger partial charge is 0.546 e. The standard InChI is InChI=1S/C18H14O5/c1-11-2-4-12(5-3-11)8-16-18(21)14-7-6-13(9-15(14)23-16)22-10-17(19)20/h2-9H,10H2,1H3,(H,19,20)/p-1/b16-8+. The van der Waals surface area contributed by atoms with Gasteiger partial charge >= 0.3 is 0 Å². The first-order valence-electron chi connectivity index (χ1n) is 7.00. The molecule has 0 spiro atoms. The monoisotopic (exact) mass is 309 g/mol. The number of rotatable bonds is 4. The average Bonchev–Trinajstić information content (AvgIpc) is 2.83. The van der Waals surface area contributed by atoms with Crippen molar-refractivity contribution in [1.82, 2.24) is 0 Å². The second-order valence-corrected chi connectivity index (χ2v) is 5.17. The van der Waals surface area contributed by atoms with Gasteiger partial charge in [0.15, 0.2) is 5.76 Å². The van der Waals surface area contributed by atoms with Gasteiger partial charge in [-0.2, -0.15) is 0 Å². The molecule has 0 saturated carbocycles. The summed E-state index contributed by atoms with van der Waals surface area (Å²) < 4.78 is 10.6. The molecule has 2 aromatic carbocycles. The first-order valence-corrected chi connectivity index (χ1v) is 7.00. The third-order valence-electron chi connectivity index (χ3n) is 3.37. The number of allylic oxidation sites excluding steroid dienone is 1. The molecule has 1 heterocycles. The molecule has 0 saturated heterocycles. The molecular formula is C18H13O5-. The number of ether oxygens (including phenoxy) is 2. The lowest BCUT2D eigenvalue weighted by Gasteiger charge is -2.07. The quantitative estimate of drug-likeness (QED) is 0.804. The molecule has 0 N–H and O–H groups in total. The van der Waals surface area contributed by atoms with Crippen molar-refractivity contribution < 1.29 is 24.2 Å². The Labute approximate surface area is 132 Å². The van der Waals surface area contributed by atoms with Gasteiger partial charge in [-0.25, -0.2) is 0 Å². The van der Waals surface area contributed by atoms with E-state index in [-0.39, 0.29) is 11.5 Å². The zero-order chi connectivity index (χ0) is 16.4. The van der Waals surface area contributed by atoms with Gasteiger partial charge in [0, 0.05) is 6.07 Å². The van der Waals surface area contributed by atoms with Crippen molar-refractivity contribution in [3.63, 3.8) is 0 Å². The highest BCUT2D eigenvalue weighted by Gasteiger charge is 2.27. The molecule has 0 bridgehead atoms. The molecule has 3 rings (SSSR count). The van der Waals surface area contributed by atoms with E-state index in [2.05, 4.69) is 0 Å². The second kappa shape index (κ2) is 5.96. The minimum absolute atomic E-state index is 0.216. The number of Topliss-reactive ketones (excluding diaryl/α,β-unsaturated/α-hetero) is 1. The summed E-state index contributed by atoms with van der Waals surface area (Å²) in [6.45, 7) is 1.43. The number of aryl methyl sites for hydroxylation is 1. The molecule has 1 aliphatic heterocycles. The smallest absolute Gasteiger partial charge is 0.231 e. The maximum absolute atomic E-state index is 12.3. The Morgan fingerprint density at radius 1 is 1.22 bits per heavy atom. The Kier molecular flexibility index (Phi) is 3.85. The normalized spacial score (nSPS) is 14.5. The lowest BCUT2D eigenvalue weighted by atomic mass is 10.1. The Hall–Kier alpha value is -3.08. The van der Waals surface area contributed by atoms with Gasteiger partial charge in [0.05, 0.1) is 11.5 Å². The number of hydrogen-bond acceptors (Lipinski definition) is 5. The van der Waals surface area contributed by atoms with E-state index < -0.39 is 12.6 Å². The van der Waals surface area contributed by atoms with Crippen molar-refractivity contribution >= 4 is 17.8 Å². The van der Waals surface area contributed by atoms with Crippen LogP contribution in [0.3, 0.4) is 0 Å². The predicted octanol–water partition coefficient (Wildman–Crippen LogP) is 1.74. The molecule has 2 aromatic rings. The van der Waals surface area contributed by atoms with Gasteiger partial charge in [-0.15, -0.1) is 0 Å². The predicted molar refractivity (Wildman–Crippen MR) is 81.1 cm³/mol. The number of aliphatic carboxylic acids is 1. The molecule has 5 nitrogen and oxygen atoms in total. The Morgan fingerprint density at radius 3 is 2.65 bits per heavy atom. The lowest BCUT2D eigenvalue weighted by Crippen LogP contribution is -2.28. The van der Waals surface area contributed by atoms with E-state index in [1.165, 1.54) is 12.1 Å². The summed E-state index contributed by atoms with van der Waals surface area (Å²) in [6, 6.07) is 12.3. The van der Waals surface area contributed by atoms with Crippen LogP contribution in [0, 0.1) is 6.92 Å². The van der Waals surface area contributed by atoms with Crippen molar-refractivity contribution in [2.45, 2.75) is 6.92 Å². The Balaban J connectivity index is 1.83. The van der Waals surface area contributed by atoms with Crippen LogP contribution in [0.1, 0.15) is 21.5 Å². The third kappa shape index (κ3) is 3.23. The average molecular weight is 309 g/mol. The van der Waals surface area contributed by atoms with Crippen LogP contribution in [0.25, 0.3) is 6.08 Å². The van der Waals surface area contributed by atoms with Crippen molar-refractivity contribution in [2.75, 3.05) is 6.61 Å². The third-order valence-corrected chi connectivity index (χ3v) is 3.37. The minimum Gasteiger partial charge on any atom is -0.546 e. The van der Waals surface area contributed by atoms with E-state index in [9.17, 15) is 14.7 Å². The number of carboxylic acids is 1. The van der Waals surface area contributed by atoms with Crippen LogP contribution < -0.4 is 14.6 Å². The van der Waals surface area contributed by atoms with E-state index >= 15 is 0 Å². The summed E-state index contributed by atoms with van der Waals surface area (Å²) in [7, 11) is 0. The van der Waals surface area contributed by atoms with Crippen LogP contribution in [-0.4, -0.2) is 18.4 Å². The zero-order valence-electron chi connectivity index (χ0n) is 12.4. The maximum Gasteiger partial charge on any atom is 0.231 e. The van der Waals surface area contributed by atoms with Gasteiger partial charge in [-0.3, -0.25) is 4.79 Å². The van der Waals surface area contributed by atoms with Crippen LogP contribution in [0.2, 0.25) is 0 Å². The van der Waals surface area contributed by atoms with E-state index in [0.717, 1.165) is 11.1 Å². The van der Waals surface area contributed by atoms with Gasteiger partial charge in [0.25, 0.3) is 0 Å². The van der Waals surface area contributed by atoms with Crippen molar-refractivity contribution in [3.8, 4) is 11.5 Å². The highest BCUT2D eigenvalue weighted by molar-refractivity contribution is 6.14. The molecule has 0 unspecified atom stereocenters. The number of benzene rings is 2.